The van der Waals surface area contributed by atoms with Gasteiger partial charge in [0.05, 0.1) is 12.8 Å². The summed E-state index contributed by atoms with van der Waals surface area (Å²) in [6.45, 7) is 1.13. The lowest BCUT2D eigenvalue weighted by atomic mass is 10.0. The maximum Gasteiger partial charge on any atom is 0.319 e. The molecule has 1 aliphatic heterocycles. The normalized spacial score (nSPS) is 13.9. The van der Waals surface area contributed by atoms with E-state index in [0.717, 1.165) is 5.56 Å². The molecule has 0 unspecified atom stereocenters. The Morgan fingerprint density at radius 1 is 1.03 bits per heavy atom. The third kappa shape index (κ3) is 5.78. The predicted molar refractivity (Wildman–Crippen MR) is 127 cm³/mol. The summed E-state index contributed by atoms with van der Waals surface area (Å²) in [5.41, 5.74) is 2.74. The van der Waals surface area contributed by atoms with Crippen molar-refractivity contribution in [2.45, 2.75) is 18.9 Å². The number of urea groups is 1. The zero-order valence-corrected chi connectivity index (χ0v) is 18.9. The van der Waals surface area contributed by atoms with E-state index >= 15 is 0 Å². The standard InChI is InChI=1S/C24H24ClN5O3/c1-33-22-10-9-21(28-29-22)16-3-2-4-17(15-16)23(31)30-13-11-20(12-14-30)27-24(32)26-19-7-5-18(25)6-8-19/h2-10,15,20H,11-14H2,1H3,(H2,26,27,32). The molecule has 0 saturated carbocycles. The highest BCUT2D eigenvalue weighted by molar-refractivity contribution is 6.30. The molecule has 0 radical (unpaired) electrons. The van der Waals surface area contributed by atoms with E-state index in [1.165, 1.54) is 7.11 Å². The van der Waals surface area contributed by atoms with Crippen molar-refractivity contribution < 1.29 is 14.3 Å². The molecule has 1 saturated heterocycles. The molecule has 1 fully saturated rings. The molecule has 33 heavy (non-hydrogen) atoms. The minimum atomic E-state index is -0.268. The fraction of sp³-hybridized carbons (Fsp3) is 0.250. The number of carbonyl (C=O) groups is 2. The van der Waals surface area contributed by atoms with Crippen LogP contribution in [0.15, 0.2) is 60.7 Å². The number of aromatic nitrogens is 2. The van der Waals surface area contributed by atoms with Gasteiger partial charge in [-0.15, -0.1) is 10.2 Å². The van der Waals surface area contributed by atoms with Crippen LogP contribution >= 0.6 is 11.6 Å². The summed E-state index contributed by atoms with van der Waals surface area (Å²) in [6, 6.07) is 17.6. The molecule has 4 rings (SSSR count). The Morgan fingerprint density at radius 2 is 1.79 bits per heavy atom. The second kappa shape index (κ2) is 10.3. The molecule has 0 bridgehead atoms. The number of methoxy groups -OCH3 is 1. The second-order valence-corrected chi connectivity index (χ2v) is 8.15. The van der Waals surface area contributed by atoms with Gasteiger partial charge in [0.25, 0.3) is 5.91 Å². The molecule has 3 aromatic rings. The quantitative estimate of drug-likeness (QED) is 0.587. The maximum atomic E-state index is 13.0. The van der Waals surface area contributed by atoms with Crippen molar-refractivity contribution in [3.8, 4) is 17.1 Å². The molecule has 3 amide bonds. The van der Waals surface area contributed by atoms with E-state index in [4.69, 9.17) is 16.3 Å². The first-order chi connectivity index (χ1) is 16.0. The van der Waals surface area contributed by atoms with Crippen LogP contribution in [0.5, 0.6) is 5.88 Å². The first kappa shape index (κ1) is 22.5. The molecule has 0 spiro atoms. The molecular weight excluding hydrogens is 442 g/mol. The van der Waals surface area contributed by atoms with Gasteiger partial charge < -0.3 is 20.3 Å². The van der Waals surface area contributed by atoms with E-state index in [9.17, 15) is 9.59 Å². The summed E-state index contributed by atoms with van der Waals surface area (Å²) >= 11 is 5.87. The molecular formula is C24H24ClN5O3. The van der Waals surface area contributed by atoms with Crippen molar-refractivity contribution in [2.75, 3.05) is 25.5 Å². The molecule has 1 aliphatic rings. The molecule has 1 aromatic heterocycles. The smallest absolute Gasteiger partial charge is 0.319 e. The maximum absolute atomic E-state index is 13.0. The van der Waals surface area contributed by atoms with Gasteiger partial charge >= 0.3 is 6.03 Å². The topological polar surface area (TPSA) is 96.5 Å². The average Bonchev–Trinajstić information content (AvgIpc) is 2.85. The number of rotatable bonds is 5. The van der Waals surface area contributed by atoms with Crippen molar-refractivity contribution in [3.63, 3.8) is 0 Å². The molecule has 9 heteroatoms. The van der Waals surface area contributed by atoms with Crippen molar-refractivity contribution in [1.82, 2.24) is 20.4 Å². The summed E-state index contributed by atoms with van der Waals surface area (Å²) in [4.78, 5) is 27.1. The highest BCUT2D eigenvalue weighted by atomic mass is 35.5. The summed E-state index contributed by atoms with van der Waals surface area (Å²) in [7, 11) is 1.54. The van der Waals surface area contributed by atoms with Gasteiger partial charge in [-0.3, -0.25) is 4.79 Å². The highest BCUT2D eigenvalue weighted by Crippen LogP contribution is 2.21. The molecule has 8 nitrogen and oxygen atoms in total. The number of likely N-dealkylation sites (tertiary alicyclic amines) is 1. The van der Waals surface area contributed by atoms with Crippen LogP contribution in [0.25, 0.3) is 11.3 Å². The number of ether oxygens (including phenoxy) is 1. The lowest BCUT2D eigenvalue weighted by Gasteiger charge is -2.32. The van der Waals surface area contributed by atoms with E-state index in [0.29, 0.717) is 53.8 Å². The van der Waals surface area contributed by atoms with Crippen molar-refractivity contribution in [1.29, 1.82) is 0 Å². The van der Waals surface area contributed by atoms with Crippen LogP contribution in [0, 0.1) is 0 Å². The number of benzene rings is 2. The largest absolute Gasteiger partial charge is 0.480 e. The van der Waals surface area contributed by atoms with Crippen LogP contribution in [0.3, 0.4) is 0 Å². The fourth-order valence-corrected chi connectivity index (χ4v) is 3.82. The van der Waals surface area contributed by atoms with Gasteiger partial charge in [-0.2, -0.15) is 0 Å². The number of amides is 3. The van der Waals surface area contributed by atoms with E-state index in [1.807, 2.05) is 29.2 Å². The summed E-state index contributed by atoms with van der Waals surface area (Å²) in [6.07, 6.45) is 1.37. The van der Waals surface area contributed by atoms with E-state index in [2.05, 4.69) is 20.8 Å². The first-order valence-corrected chi connectivity index (χ1v) is 11.0. The van der Waals surface area contributed by atoms with Crippen molar-refractivity contribution >= 4 is 29.2 Å². The van der Waals surface area contributed by atoms with Crippen LogP contribution < -0.4 is 15.4 Å². The predicted octanol–water partition coefficient (Wildman–Crippen LogP) is 4.23. The van der Waals surface area contributed by atoms with Crippen molar-refractivity contribution in [2.24, 2.45) is 0 Å². The van der Waals surface area contributed by atoms with Crippen LogP contribution in [-0.4, -0.2) is 53.3 Å². The van der Waals surface area contributed by atoms with Crippen LogP contribution in [0.1, 0.15) is 23.2 Å². The molecule has 0 aliphatic carbocycles. The van der Waals surface area contributed by atoms with Gasteiger partial charge in [-0.05, 0) is 55.3 Å². The van der Waals surface area contributed by atoms with Gasteiger partial charge in [0.15, 0.2) is 0 Å². The third-order valence-corrected chi connectivity index (χ3v) is 5.73. The monoisotopic (exact) mass is 465 g/mol. The summed E-state index contributed by atoms with van der Waals surface area (Å²) < 4.78 is 5.04. The number of carbonyl (C=O) groups excluding carboxylic acids is 2. The molecule has 170 valence electrons. The Kier molecular flexibility index (Phi) is 7.04. The lowest BCUT2D eigenvalue weighted by Crippen LogP contribution is -2.47. The summed E-state index contributed by atoms with van der Waals surface area (Å²) in [5, 5.41) is 14.5. The Labute approximate surface area is 196 Å². The highest BCUT2D eigenvalue weighted by Gasteiger charge is 2.25. The van der Waals surface area contributed by atoms with E-state index in [1.54, 1.807) is 36.4 Å². The Morgan fingerprint density at radius 3 is 2.45 bits per heavy atom. The number of piperidine rings is 1. The Bertz CT molecular complexity index is 1110. The number of anilines is 1. The van der Waals surface area contributed by atoms with E-state index < -0.39 is 0 Å². The number of hydrogen-bond acceptors (Lipinski definition) is 5. The lowest BCUT2D eigenvalue weighted by molar-refractivity contribution is 0.0709. The fourth-order valence-electron chi connectivity index (χ4n) is 3.69. The average molecular weight is 466 g/mol. The zero-order valence-electron chi connectivity index (χ0n) is 18.1. The first-order valence-electron chi connectivity index (χ1n) is 10.6. The molecule has 2 N–H and O–H groups in total. The van der Waals surface area contributed by atoms with Gasteiger partial charge in [-0.1, -0.05) is 23.7 Å². The zero-order chi connectivity index (χ0) is 23.2. The SMILES string of the molecule is COc1ccc(-c2cccc(C(=O)N3CCC(NC(=O)Nc4ccc(Cl)cc4)CC3)c2)nn1. The second-order valence-electron chi connectivity index (χ2n) is 7.71. The number of halogens is 1. The van der Waals surface area contributed by atoms with Gasteiger partial charge in [0.2, 0.25) is 5.88 Å². The minimum absolute atomic E-state index is 0.00209. The number of nitrogens with one attached hydrogen (secondary N) is 2. The number of hydrogen-bond donors (Lipinski definition) is 2. The minimum Gasteiger partial charge on any atom is -0.480 e. The molecule has 0 atom stereocenters. The van der Waals surface area contributed by atoms with Gasteiger partial charge in [-0.25, -0.2) is 4.79 Å². The van der Waals surface area contributed by atoms with Crippen molar-refractivity contribution in [3.05, 3.63) is 71.2 Å². The van der Waals surface area contributed by atoms with Gasteiger partial charge in [0, 0.05) is 47.0 Å². The Balaban J connectivity index is 1.31. The molecule has 2 aromatic carbocycles. The van der Waals surface area contributed by atoms with E-state index in [-0.39, 0.29) is 18.0 Å². The van der Waals surface area contributed by atoms with Crippen LogP contribution in [0.2, 0.25) is 5.02 Å². The number of nitrogens with zero attached hydrogens (tertiary/aromatic N) is 3. The van der Waals surface area contributed by atoms with Crippen LogP contribution in [0.4, 0.5) is 10.5 Å². The van der Waals surface area contributed by atoms with Gasteiger partial charge in [0.1, 0.15) is 0 Å². The molecule has 2 heterocycles. The summed E-state index contributed by atoms with van der Waals surface area (Å²) in [5.74, 6) is 0.395. The van der Waals surface area contributed by atoms with Crippen LogP contribution in [-0.2, 0) is 0 Å². The third-order valence-electron chi connectivity index (χ3n) is 5.47. The Hall–Kier alpha value is -3.65.